The Kier molecular flexibility index (Phi) is 5.45. The van der Waals surface area contributed by atoms with E-state index in [1.165, 1.54) is 12.1 Å². The molecule has 0 saturated carbocycles. The van der Waals surface area contributed by atoms with Gasteiger partial charge in [-0.15, -0.1) is 10.2 Å². The van der Waals surface area contributed by atoms with Crippen molar-refractivity contribution >= 4 is 12.0 Å². The van der Waals surface area contributed by atoms with Crippen molar-refractivity contribution in [2.45, 2.75) is 25.8 Å². The van der Waals surface area contributed by atoms with E-state index in [4.69, 9.17) is 9.15 Å². The van der Waals surface area contributed by atoms with Crippen LogP contribution >= 0.6 is 0 Å². The van der Waals surface area contributed by atoms with Crippen LogP contribution in [-0.4, -0.2) is 52.8 Å². The molecule has 138 valence electrons. The topological polar surface area (TPSA) is 97.6 Å². The third-order valence-corrected chi connectivity index (χ3v) is 4.08. The van der Waals surface area contributed by atoms with Crippen molar-refractivity contribution in [3.05, 3.63) is 36.0 Å². The highest BCUT2D eigenvalue weighted by Gasteiger charge is 2.26. The van der Waals surface area contributed by atoms with Crippen molar-refractivity contribution in [3.63, 3.8) is 0 Å². The molecule has 1 saturated heterocycles. The molecular formula is C17H19FN4O4. The maximum absolute atomic E-state index is 13.7. The normalized spacial score (nSPS) is 14.9. The Balaban J connectivity index is 1.57. The first-order valence-corrected chi connectivity index (χ1v) is 8.39. The van der Waals surface area contributed by atoms with Crippen molar-refractivity contribution in [2.75, 3.05) is 19.7 Å². The average Bonchev–Trinajstić information content (AvgIpc) is 3.13. The monoisotopic (exact) mass is 362 g/mol. The number of nitrogens with zero attached hydrogens (tertiary/aromatic N) is 3. The Morgan fingerprint density at radius 2 is 2.04 bits per heavy atom. The number of nitrogens with one attached hydrogen (secondary N) is 1. The summed E-state index contributed by atoms with van der Waals surface area (Å²) in [7, 11) is 0. The molecule has 1 aliphatic heterocycles. The summed E-state index contributed by atoms with van der Waals surface area (Å²) in [4.78, 5) is 25.5. The predicted molar refractivity (Wildman–Crippen MR) is 88.8 cm³/mol. The Hall–Kier alpha value is -2.97. The number of benzene rings is 1. The lowest BCUT2D eigenvalue weighted by Gasteiger charge is -2.31. The minimum atomic E-state index is -0.519. The molecule has 9 heteroatoms. The van der Waals surface area contributed by atoms with Crippen LogP contribution in [0.2, 0.25) is 0 Å². The van der Waals surface area contributed by atoms with Crippen LogP contribution in [0.25, 0.3) is 11.5 Å². The number of ether oxygens (including phenoxy) is 1. The van der Waals surface area contributed by atoms with Gasteiger partial charge in [0.1, 0.15) is 5.82 Å². The number of rotatable bonds is 4. The molecular weight excluding hydrogens is 343 g/mol. The maximum Gasteiger partial charge on any atom is 0.409 e. The van der Waals surface area contributed by atoms with Crippen LogP contribution in [-0.2, 0) is 4.74 Å². The second kappa shape index (κ2) is 7.94. The summed E-state index contributed by atoms with van der Waals surface area (Å²) in [6.45, 7) is 3.07. The van der Waals surface area contributed by atoms with Crippen molar-refractivity contribution in [2.24, 2.45) is 0 Å². The van der Waals surface area contributed by atoms with Crippen LogP contribution in [0.1, 0.15) is 30.5 Å². The molecule has 2 amide bonds. The minimum Gasteiger partial charge on any atom is -0.450 e. The number of hydrogen-bond donors (Lipinski definition) is 1. The SMILES string of the molecule is CCOC(=O)N1CCC(NC(=O)c2nnc(-c3ccccc3F)o2)CC1. The standard InChI is InChI=1S/C17H19FN4O4/c1-2-25-17(24)22-9-7-11(8-10-22)19-14(23)16-21-20-15(26-16)12-5-3-4-6-13(12)18/h3-6,11H,2,7-10H2,1H3,(H,19,23). The summed E-state index contributed by atoms with van der Waals surface area (Å²) in [5.74, 6) is -1.30. The average molecular weight is 362 g/mol. The zero-order valence-corrected chi connectivity index (χ0v) is 14.3. The predicted octanol–water partition coefficient (Wildman–Crippen LogP) is 2.23. The van der Waals surface area contributed by atoms with Crippen molar-refractivity contribution in [1.29, 1.82) is 0 Å². The lowest BCUT2D eigenvalue weighted by Crippen LogP contribution is -2.46. The Morgan fingerprint density at radius 3 is 2.73 bits per heavy atom. The number of piperidine rings is 1. The summed E-state index contributed by atoms with van der Waals surface area (Å²) in [5.41, 5.74) is 0.141. The lowest BCUT2D eigenvalue weighted by molar-refractivity contribution is 0.0836. The van der Waals surface area contributed by atoms with E-state index in [-0.39, 0.29) is 29.5 Å². The molecule has 1 N–H and O–H groups in total. The van der Waals surface area contributed by atoms with Gasteiger partial charge in [0.2, 0.25) is 0 Å². The third kappa shape index (κ3) is 3.98. The van der Waals surface area contributed by atoms with Gasteiger partial charge in [-0.3, -0.25) is 4.79 Å². The highest BCUT2D eigenvalue weighted by atomic mass is 19.1. The highest BCUT2D eigenvalue weighted by Crippen LogP contribution is 2.21. The zero-order chi connectivity index (χ0) is 18.5. The maximum atomic E-state index is 13.7. The first kappa shape index (κ1) is 17.8. The molecule has 0 atom stereocenters. The molecule has 0 radical (unpaired) electrons. The summed E-state index contributed by atoms with van der Waals surface area (Å²) in [6, 6.07) is 5.84. The molecule has 2 heterocycles. The van der Waals surface area contributed by atoms with E-state index in [9.17, 15) is 14.0 Å². The van der Waals surface area contributed by atoms with Gasteiger partial charge in [0, 0.05) is 19.1 Å². The minimum absolute atomic E-state index is 0.0506. The van der Waals surface area contributed by atoms with Gasteiger partial charge in [-0.1, -0.05) is 12.1 Å². The van der Waals surface area contributed by atoms with Crippen molar-refractivity contribution in [1.82, 2.24) is 20.4 Å². The first-order chi connectivity index (χ1) is 12.6. The van der Waals surface area contributed by atoms with E-state index in [0.717, 1.165) is 0 Å². The molecule has 1 aliphatic rings. The number of likely N-dealkylation sites (tertiary alicyclic amines) is 1. The number of carbonyl (C=O) groups is 2. The molecule has 3 rings (SSSR count). The summed E-state index contributed by atoms with van der Waals surface area (Å²) >= 11 is 0. The number of carbonyl (C=O) groups excluding carboxylic acids is 2. The molecule has 0 unspecified atom stereocenters. The van der Waals surface area contributed by atoms with Gasteiger partial charge in [0.15, 0.2) is 0 Å². The fourth-order valence-corrected chi connectivity index (χ4v) is 2.73. The molecule has 1 fully saturated rings. The van der Waals surface area contributed by atoms with Gasteiger partial charge in [0.05, 0.1) is 12.2 Å². The van der Waals surface area contributed by atoms with Crippen molar-refractivity contribution < 1.29 is 23.1 Å². The third-order valence-electron chi connectivity index (χ3n) is 4.08. The van der Waals surface area contributed by atoms with E-state index in [1.807, 2.05) is 0 Å². The number of aromatic nitrogens is 2. The van der Waals surface area contributed by atoms with Crippen LogP contribution < -0.4 is 5.32 Å². The van der Waals surface area contributed by atoms with E-state index in [2.05, 4.69) is 15.5 Å². The fourth-order valence-electron chi connectivity index (χ4n) is 2.73. The number of halogens is 1. The van der Waals surface area contributed by atoms with Gasteiger partial charge >= 0.3 is 17.9 Å². The molecule has 1 aromatic heterocycles. The largest absolute Gasteiger partial charge is 0.450 e. The summed E-state index contributed by atoms with van der Waals surface area (Å²) < 4.78 is 24.0. The zero-order valence-electron chi connectivity index (χ0n) is 14.3. The molecule has 1 aromatic carbocycles. The molecule has 8 nitrogen and oxygen atoms in total. The first-order valence-electron chi connectivity index (χ1n) is 8.39. The van der Waals surface area contributed by atoms with Crippen LogP contribution in [0.5, 0.6) is 0 Å². The Labute approximate surface area is 149 Å². The van der Waals surface area contributed by atoms with Crippen LogP contribution in [0, 0.1) is 5.82 Å². The Morgan fingerprint density at radius 1 is 1.31 bits per heavy atom. The van der Waals surface area contributed by atoms with Crippen molar-refractivity contribution in [3.8, 4) is 11.5 Å². The summed E-state index contributed by atoms with van der Waals surface area (Å²) in [5, 5.41) is 10.2. The smallest absolute Gasteiger partial charge is 0.409 e. The van der Waals surface area contributed by atoms with Gasteiger partial charge in [-0.2, -0.15) is 0 Å². The summed E-state index contributed by atoms with van der Waals surface area (Å²) in [6.07, 6.45) is 0.848. The fraction of sp³-hybridized carbons (Fsp3) is 0.412. The number of amides is 2. The van der Waals surface area contributed by atoms with Gasteiger partial charge in [0.25, 0.3) is 5.89 Å². The second-order valence-electron chi connectivity index (χ2n) is 5.83. The molecule has 0 spiro atoms. The van der Waals surface area contributed by atoms with Gasteiger partial charge in [-0.05, 0) is 31.9 Å². The van der Waals surface area contributed by atoms with E-state index in [0.29, 0.717) is 32.5 Å². The quantitative estimate of drug-likeness (QED) is 0.896. The van der Waals surface area contributed by atoms with Crippen LogP contribution in [0.15, 0.2) is 28.7 Å². The Bertz CT molecular complexity index is 787. The second-order valence-corrected chi connectivity index (χ2v) is 5.83. The van der Waals surface area contributed by atoms with E-state index in [1.54, 1.807) is 24.0 Å². The molecule has 26 heavy (non-hydrogen) atoms. The molecule has 2 aromatic rings. The number of hydrogen-bond acceptors (Lipinski definition) is 6. The van der Waals surface area contributed by atoms with E-state index >= 15 is 0 Å². The van der Waals surface area contributed by atoms with Crippen LogP contribution in [0.3, 0.4) is 0 Å². The van der Waals surface area contributed by atoms with E-state index < -0.39 is 11.7 Å². The highest BCUT2D eigenvalue weighted by molar-refractivity contribution is 5.89. The van der Waals surface area contributed by atoms with Crippen LogP contribution in [0.4, 0.5) is 9.18 Å². The molecule has 0 bridgehead atoms. The van der Waals surface area contributed by atoms with Gasteiger partial charge < -0.3 is 19.4 Å². The molecule has 0 aliphatic carbocycles. The van der Waals surface area contributed by atoms with Gasteiger partial charge in [-0.25, -0.2) is 9.18 Å². The lowest BCUT2D eigenvalue weighted by atomic mass is 10.1.